The van der Waals surface area contributed by atoms with Gasteiger partial charge in [-0.05, 0) is 13.0 Å². The molecule has 0 aromatic carbocycles. The minimum Gasteiger partial charge on any atom is -0.478 e. The average Bonchev–Trinajstić information content (AvgIpc) is 2.03. The number of carboxylic acids is 1. The zero-order valence-corrected chi connectivity index (χ0v) is 5.28. The highest BCUT2D eigenvalue weighted by molar-refractivity contribution is 5.71. The van der Waals surface area contributed by atoms with Gasteiger partial charge in [0.05, 0.1) is 9.32 Å². The van der Waals surface area contributed by atoms with Gasteiger partial charge in [-0.25, -0.2) is 4.79 Å². The van der Waals surface area contributed by atoms with Gasteiger partial charge < -0.3 is 15.6 Å². The molecule has 0 heterocycles. The van der Waals surface area contributed by atoms with Crippen molar-refractivity contribution in [3.63, 3.8) is 0 Å². The average molecular weight is 152 g/mol. The molecule has 0 bridgehead atoms. The Kier molecular flexibility index (Phi) is 2.21. The Morgan fingerprint density at radius 3 is 3.20 bits per heavy atom. The molecule has 2 atom stereocenters. The molecule has 0 saturated heterocycles. The molecule has 1 unspecified atom stereocenters. The molecule has 0 aromatic rings. The number of nitrogens with two attached hydrogens (primary N) is 2. The second-order valence-corrected chi connectivity index (χ2v) is 1.47. The van der Waals surface area contributed by atoms with E-state index in [2.05, 4.69) is 4.74 Å². The molecule has 0 aromatic heterocycles. The Labute approximate surface area is 64.7 Å². The Bertz CT molecular complexity index is 205. The molecule has 0 fully saturated rings. The van der Waals surface area contributed by atoms with Gasteiger partial charge in [-0.2, -0.15) is 0 Å². The van der Waals surface area contributed by atoms with Gasteiger partial charge in [0.1, 0.15) is 2.82 Å². The van der Waals surface area contributed by atoms with Crippen LogP contribution in [0.5, 0.6) is 0 Å². The molecule has 5 nitrogen and oxygen atoms in total. The van der Waals surface area contributed by atoms with Crippen molar-refractivity contribution in [3.05, 3.63) is 0 Å². The minimum atomic E-state index is -2.89. The Balaban J connectivity index is 4.45. The van der Waals surface area contributed by atoms with Gasteiger partial charge in [0.25, 0.3) is 0 Å². The van der Waals surface area contributed by atoms with Crippen LogP contribution < -0.4 is 11.5 Å². The van der Waals surface area contributed by atoms with Crippen LogP contribution >= 0.6 is 0 Å². The van der Waals surface area contributed by atoms with Crippen molar-refractivity contribution >= 4 is 5.97 Å². The summed E-state index contributed by atoms with van der Waals surface area (Å²) in [5, 5.41) is 8.51. The largest absolute Gasteiger partial charge is 0.478 e. The number of hydrogen-bond donors (Lipinski definition) is 3. The quantitative estimate of drug-likeness (QED) is 0.412. The minimum absolute atomic E-state index is 0.0295. The van der Waals surface area contributed by atoms with Gasteiger partial charge in [0, 0.05) is 0 Å². The number of aliphatic carboxylic acids is 1. The van der Waals surface area contributed by atoms with Crippen LogP contribution in [0.25, 0.3) is 0 Å². The zero-order chi connectivity index (χ0) is 11.4. The summed E-state index contributed by atoms with van der Waals surface area (Å²) in [6.07, 6.45) is -2.86. The summed E-state index contributed by atoms with van der Waals surface area (Å²) >= 11 is 0. The third kappa shape index (κ3) is 4.25. The molecule has 10 heavy (non-hydrogen) atoms. The van der Waals surface area contributed by atoms with Crippen LogP contribution in [0.4, 0.5) is 0 Å². The first-order valence-corrected chi connectivity index (χ1v) is 2.66. The van der Waals surface area contributed by atoms with E-state index < -0.39 is 24.5 Å². The topological polar surface area (TPSA) is 98.6 Å². The Morgan fingerprint density at radius 1 is 2.10 bits per heavy atom. The lowest BCUT2D eigenvalue weighted by atomic mass is 10.5. The second-order valence-electron chi connectivity index (χ2n) is 1.47. The van der Waals surface area contributed by atoms with E-state index in [4.69, 9.17) is 16.4 Å². The molecule has 0 amide bonds. The van der Waals surface area contributed by atoms with Crippen LogP contribution in [-0.4, -0.2) is 30.4 Å². The molecule has 0 aliphatic heterocycles. The molecule has 0 rings (SSSR count). The van der Waals surface area contributed by atoms with Crippen molar-refractivity contribution in [2.75, 3.05) is 13.1 Å². The smallest absolute Gasteiger partial charge is 0.347 e. The highest BCUT2D eigenvalue weighted by Gasteiger charge is 2.09. The third-order valence-electron chi connectivity index (χ3n) is 0.662. The molecular formula is C5H12N2O3. The van der Waals surface area contributed by atoms with E-state index in [1.807, 2.05) is 0 Å². The predicted molar refractivity (Wildman–Crippen MR) is 35.2 cm³/mol. The summed E-state index contributed by atoms with van der Waals surface area (Å²) in [7, 11) is 0. The van der Waals surface area contributed by atoms with Crippen molar-refractivity contribution < 1.29 is 20.2 Å². The van der Waals surface area contributed by atoms with Gasteiger partial charge in [0.15, 0.2) is 0 Å². The van der Waals surface area contributed by atoms with Crippen LogP contribution in [0.15, 0.2) is 0 Å². The van der Waals surface area contributed by atoms with Crippen molar-refractivity contribution in [1.29, 1.82) is 0 Å². The van der Waals surface area contributed by atoms with Crippen LogP contribution in [-0.2, 0) is 9.53 Å². The first-order chi connectivity index (χ1) is 6.34. The van der Waals surface area contributed by atoms with E-state index in [9.17, 15) is 4.79 Å². The number of carboxylic acid groups (broad SMARTS) is 1. The zero-order valence-electron chi connectivity index (χ0n) is 9.28. The maximum Gasteiger partial charge on any atom is 0.347 e. The van der Waals surface area contributed by atoms with Gasteiger partial charge in [-0.3, -0.25) is 5.72 Å². The molecule has 5 heteroatoms. The first kappa shape index (κ1) is 4.27. The van der Waals surface area contributed by atoms with Crippen LogP contribution in [0, 0.1) is 0 Å². The maximum atomic E-state index is 10.5. The molecule has 60 valence electrons. The van der Waals surface area contributed by atoms with E-state index in [1.54, 1.807) is 0 Å². The van der Waals surface area contributed by atoms with Gasteiger partial charge in [-0.1, -0.05) is 0 Å². The van der Waals surface area contributed by atoms with Crippen LogP contribution in [0.1, 0.15) is 9.16 Å². The highest BCUT2D eigenvalue weighted by atomic mass is 16.5. The fourth-order valence-electron chi connectivity index (χ4n) is 0.256. The van der Waals surface area contributed by atoms with Gasteiger partial charge in [-0.15, -0.1) is 0 Å². The number of rotatable bonds is 6. The lowest BCUT2D eigenvalue weighted by molar-refractivity contribution is -0.150. The number of ether oxygens (including phenoxy) is 1. The molecule has 0 aliphatic carbocycles. The van der Waals surface area contributed by atoms with Gasteiger partial charge >= 0.3 is 5.97 Å². The van der Waals surface area contributed by atoms with E-state index in [1.165, 1.54) is 0 Å². The normalized spacial score (nSPS) is 25.4. The number of hydrogen-bond acceptors (Lipinski definition) is 4. The third-order valence-corrected chi connectivity index (χ3v) is 0.662. The van der Waals surface area contributed by atoms with Crippen LogP contribution in [0.2, 0.25) is 2.82 Å². The first-order valence-electron chi connectivity index (χ1n) is 4.63. The van der Waals surface area contributed by atoms with E-state index in [0.29, 0.717) is 0 Å². The lowest BCUT2D eigenvalue weighted by Crippen LogP contribution is -2.33. The maximum absolute atomic E-state index is 10.5. The molecular weight excluding hydrogens is 136 g/mol. The highest BCUT2D eigenvalue weighted by Crippen LogP contribution is 1.84. The summed E-state index contributed by atoms with van der Waals surface area (Å²) in [5.41, 5.74) is 4.66. The molecule has 0 aliphatic rings. The summed E-state index contributed by atoms with van der Waals surface area (Å²) in [6.45, 7) is -1.24. The summed E-state index contributed by atoms with van der Waals surface area (Å²) in [5.74, 6) is -1.82. The summed E-state index contributed by atoms with van der Waals surface area (Å²) in [6, 6.07) is 0. The molecule has 0 radical (unpaired) electrons. The van der Waals surface area contributed by atoms with Crippen molar-refractivity contribution in [2.24, 2.45) is 11.5 Å². The lowest BCUT2D eigenvalue weighted by Gasteiger charge is -2.06. The molecule has 0 saturated carbocycles. The van der Waals surface area contributed by atoms with Crippen molar-refractivity contribution in [1.82, 2.24) is 0 Å². The van der Waals surface area contributed by atoms with E-state index in [-0.39, 0.29) is 13.0 Å². The van der Waals surface area contributed by atoms with Crippen molar-refractivity contribution in [3.8, 4) is 0 Å². The van der Waals surface area contributed by atoms with Gasteiger partial charge in [0.2, 0.25) is 6.20 Å². The Morgan fingerprint density at radius 2 is 2.80 bits per heavy atom. The standard InChI is InChI=1S/C5H12N2O3/c6-2-1-3-10-4(7)5(8)9/h4H,1-3,6-7H2,(H,8,9)/t4-/m0/s1/i3D,4D/hD2/t3?,4-. The van der Waals surface area contributed by atoms with E-state index in [0.717, 1.165) is 0 Å². The monoisotopic (exact) mass is 152 g/mol. The molecule has 5 N–H and O–H groups in total. The second kappa shape index (κ2) is 5.16. The molecule has 0 spiro atoms. The fraction of sp³-hybridized carbons (Fsp3) is 0.800. The van der Waals surface area contributed by atoms with Crippen LogP contribution in [0.3, 0.4) is 0 Å². The SMILES string of the molecule is [2H]C(CCN)O[C@@]([2H])(C(=O)O)N([2H])[2H]. The predicted octanol–water partition coefficient (Wildman–Crippen LogP) is -1.28. The Hall–Kier alpha value is -0.650. The summed E-state index contributed by atoms with van der Waals surface area (Å²) < 4.78 is 32.0. The summed E-state index contributed by atoms with van der Waals surface area (Å²) in [4.78, 5) is 10.5. The van der Waals surface area contributed by atoms with E-state index >= 15 is 0 Å². The fourth-order valence-corrected chi connectivity index (χ4v) is 0.256. The van der Waals surface area contributed by atoms with Crippen molar-refractivity contribution in [2.45, 2.75) is 12.6 Å². The number of carbonyl (C=O) groups is 1.